The predicted molar refractivity (Wildman–Crippen MR) is 73.5 cm³/mol. The van der Waals surface area contributed by atoms with Crippen LogP contribution >= 0.6 is 0 Å². The van der Waals surface area contributed by atoms with E-state index in [9.17, 15) is 0 Å². The third-order valence-corrected chi connectivity index (χ3v) is 3.53. The lowest BCUT2D eigenvalue weighted by Crippen LogP contribution is -2.32. The predicted octanol–water partition coefficient (Wildman–Crippen LogP) is 1.85. The summed E-state index contributed by atoms with van der Waals surface area (Å²) in [5.74, 6) is 1.22. The zero-order valence-corrected chi connectivity index (χ0v) is 11.8. The van der Waals surface area contributed by atoms with Crippen LogP contribution in [0.4, 0.5) is 5.82 Å². The van der Waals surface area contributed by atoms with Crippen molar-refractivity contribution < 1.29 is 0 Å². The maximum Gasteiger partial charge on any atom is 0.130 e. The molecule has 0 bridgehead atoms. The quantitative estimate of drug-likeness (QED) is 0.823. The van der Waals surface area contributed by atoms with Gasteiger partial charge in [-0.05, 0) is 32.7 Å². The van der Waals surface area contributed by atoms with Crippen LogP contribution in [-0.2, 0) is 13.5 Å². The second-order valence-corrected chi connectivity index (χ2v) is 4.63. The summed E-state index contributed by atoms with van der Waals surface area (Å²) in [6.45, 7) is 7.21. The van der Waals surface area contributed by atoms with Crippen molar-refractivity contribution >= 4 is 5.82 Å². The molecule has 1 rings (SSSR count). The van der Waals surface area contributed by atoms with Crippen LogP contribution in [0.5, 0.6) is 0 Å². The fraction of sp³-hybridized carbons (Fsp3) is 0.769. The van der Waals surface area contributed by atoms with Gasteiger partial charge >= 0.3 is 0 Å². The van der Waals surface area contributed by atoms with E-state index < -0.39 is 0 Å². The molecule has 17 heavy (non-hydrogen) atoms. The first-order valence-corrected chi connectivity index (χ1v) is 6.52. The molecule has 0 spiro atoms. The summed E-state index contributed by atoms with van der Waals surface area (Å²) in [6, 6.07) is 0.571. The maximum atomic E-state index is 5.69. The van der Waals surface area contributed by atoms with Crippen LogP contribution in [0.15, 0.2) is 0 Å². The van der Waals surface area contributed by atoms with Crippen molar-refractivity contribution in [3.8, 4) is 0 Å². The van der Waals surface area contributed by atoms with E-state index in [-0.39, 0.29) is 0 Å². The smallest absolute Gasteiger partial charge is 0.130 e. The molecule has 0 aliphatic rings. The highest BCUT2D eigenvalue weighted by molar-refractivity contribution is 5.50. The van der Waals surface area contributed by atoms with E-state index in [2.05, 4.69) is 37.8 Å². The summed E-state index contributed by atoms with van der Waals surface area (Å²) in [7, 11) is 4.18. The average Bonchev–Trinajstić information content (AvgIpc) is 2.56. The lowest BCUT2D eigenvalue weighted by atomic mass is 10.1. The first kappa shape index (κ1) is 14.0. The zero-order chi connectivity index (χ0) is 13.0. The fourth-order valence-electron chi connectivity index (χ4n) is 2.58. The van der Waals surface area contributed by atoms with Crippen LogP contribution in [0, 0.1) is 6.92 Å². The minimum atomic E-state index is 0.571. The van der Waals surface area contributed by atoms with Gasteiger partial charge in [0.05, 0.1) is 5.69 Å². The molecular weight excluding hydrogens is 212 g/mol. The third kappa shape index (κ3) is 2.80. The number of aryl methyl sites for hydroxylation is 2. The highest BCUT2D eigenvalue weighted by Gasteiger charge is 2.20. The van der Waals surface area contributed by atoms with Gasteiger partial charge in [-0.15, -0.1) is 0 Å². The highest BCUT2D eigenvalue weighted by atomic mass is 15.4. The van der Waals surface area contributed by atoms with Crippen molar-refractivity contribution in [1.29, 1.82) is 0 Å². The summed E-state index contributed by atoms with van der Waals surface area (Å²) in [5, 5.41) is 4.52. The summed E-state index contributed by atoms with van der Waals surface area (Å²) >= 11 is 0. The number of hydrogen-bond acceptors (Lipinski definition) is 3. The van der Waals surface area contributed by atoms with Crippen LogP contribution < -0.4 is 10.6 Å². The molecular formula is C13H26N4. The molecule has 0 fully saturated rings. The van der Waals surface area contributed by atoms with Gasteiger partial charge in [0.1, 0.15) is 5.82 Å². The molecule has 0 saturated carbocycles. The molecule has 2 N–H and O–H groups in total. The second kappa shape index (κ2) is 6.05. The first-order valence-electron chi connectivity index (χ1n) is 6.52. The minimum absolute atomic E-state index is 0.571. The Bertz CT molecular complexity index is 353. The Morgan fingerprint density at radius 1 is 1.35 bits per heavy atom. The van der Waals surface area contributed by atoms with E-state index in [0.29, 0.717) is 12.6 Å². The van der Waals surface area contributed by atoms with Crippen molar-refractivity contribution in [2.75, 3.05) is 18.5 Å². The summed E-state index contributed by atoms with van der Waals surface area (Å²) in [6.07, 6.45) is 3.21. The molecule has 0 atom stereocenters. The largest absolute Gasteiger partial charge is 0.357 e. The summed E-state index contributed by atoms with van der Waals surface area (Å²) < 4.78 is 1.98. The van der Waals surface area contributed by atoms with Gasteiger partial charge < -0.3 is 10.6 Å². The molecule has 98 valence electrons. The van der Waals surface area contributed by atoms with E-state index in [1.807, 2.05) is 11.7 Å². The molecule has 0 aliphatic heterocycles. The molecule has 0 unspecified atom stereocenters. The number of nitrogens with zero attached hydrogens (tertiary/aromatic N) is 3. The van der Waals surface area contributed by atoms with E-state index in [1.165, 1.54) is 11.4 Å². The van der Waals surface area contributed by atoms with E-state index >= 15 is 0 Å². The van der Waals surface area contributed by atoms with Gasteiger partial charge in [0.15, 0.2) is 0 Å². The Kier molecular flexibility index (Phi) is 5.00. The fourth-order valence-corrected chi connectivity index (χ4v) is 2.58. The number of aromatic nitrogens is 2. The van der Waals surface area contributed by atoms with Gasteiger partial charge in [-0.1, -0.05) is 13.8 Å². The van der Waals surface area contributed by atoms with Gasteiger partial charge in [-0.3, -0.25) is 4.68 Å². The lowest BCUT2D eigenvalue weighted by molar-refractivity contribution is 0.571. The number of rotatable bonds is 6. The Morgan fingerprint density at radius 3 is 2.41 bits per heavy atom. The van der Waals surface area contributed by atoms with Gasteiger partial charge in [-0.25, -0.2) is 0 Å². The summed E-state index contributed by atoms with van der Waals surface area (Å²) in [5.41, 5.74) is 8.09. The standard InChI is InChI=1S/C13H26N4/c1-6-11(7-2)16(4)13-12(8-9-14)10(3)15-17(13)5/h11H,6-9,14H2,1-5H3. The molecule has 1 aromatic heterocycles. The highest BCUT2D eigenvalue weighted by Crippen LogP contribution is 2.25. The van der Waals surface area contributed by atoms with Gasteiger partial charge in [0, 0.05) is 25.7 Å². The Balaban J connectivity index is 3.10. The Morgan fingerprint density at radius 2 is 1.94 bits per heavy atom. The second-order valence-electron chi connectivity index (χ2n) is 4.63. The maximum absolute atomic E-state index is 5.69. The van der Waals surface area contributed by atoms with Crippen molar-refractivity contribution in [2.45, 2.75) is 46.1 Å². The van der Waals surface area contributed by atoms with Crippen LogP contribution in [0.25, 0.3) is 0 Å². The molecule has 0 saturated heterocycles. The van der Waals surface area contributed by atoms with Crippen molar-refractivity contribution in [2.24, 2.45) is 12.8 Å². The number of hydrogen-bond donors (Lipinski definition) is 1. The number of nitrogens with two attached hydrogens (primary N) is 1. The molecule has 4 heteroatoms. The Labute approximate surface area is 105 Å². The number of anilines is 1. The SMILES string of the molecule is CCC(CC)N(C)c1c(CCN)c(C)nn1C. The molecule has 0 amide bonds. The monoisotopic (exact) mass is 238 g/mol. The average molecular weight is 238 g/mol. The molecule has 1 aromatic rings. The minimum Gasteiger partial charge on any atom is -0.357 e. The van der Waals surface area contributed by atoms with Crippen LogP contribution in [0.3, 0.4) is 0 Å². The van der Waals surface area contributed by atoms with Crippen LogP contribution in [0.1, 0.15) is 37.9 Å². The van der Waals surface area contributed by atoms with Crippen molar-refractivity contribution in [3.05, 3.63) is 11.3 Å². The molecule has 1 heterocycles. The van der Waals surface area contributed by atoms with E-state index in [0.717, 1.165) is 25.0 Å². The van der Waals surface area contributed by atoms with Gasteiger partial charge in [-0.2, -0.15) is 5.10 Å². The lowest BCUT2D eigenvalue weighted by Gasteiger charge is -2.29. The van der Waals surface area contributed by atoms with Gasteiger partial charge in [0.25, 0.3) is 0 Å². The normalized spacial score (nSPS) is 11.2. The molecule has 4 nitrogen and oxygen atoms in total. The van der Waals surface area contributed by atoms with Gasteiger partial charge in [0.2, 0.25) is 0 Å². The van der Waals surface area contributed by atoms with Crippen LogP contribution in [0.2, 0.25) is 0 Å². The molecule has 0 aromatic carbocycles. The van der Waals surface area contributed by atoms with E-state index in [4.69, 9.17) is 5.73 Å². The van der Waals surface area contributed by atoms with Crippen molar-refractivity contribution in [3.63, 3.8) is 0 Å². The molecule has 0 aliphatic carbocycles. The van der Waals surface area contributed by atoms with E-state index in [1.54, 1.807) is 0 Å². The Hall–Kier alpha value is -1.03. The van der Waals surface area contributed by atoms with Crippen molar-refractivity contribution in [1.82, 2.24) is 9.78 Å². The zero-order valence-electron chi connectivity index (χ0n) is 11.8. The third-order valence-electron chi connectivity index (χ3n) is 3.53. The molecule has 0 radical (unpaired) electrons. The first-order chi connectivity index (χ1) is 8.06. The van der Waals surface area contributed by atoms with Crippen LogP contribution in [-0.4, -0.2) is 29.4 Å². The summed E-state index contributed by atoms with van der Waals surface area (Å²) in [4.78, 5) is 2.35. The topological polar surface area (TPSA) is 47.1 Å².